The second-order valence-electron chi connectivity index (χ2n) is 17.1. The maximum absolute atomic E-state index is 16.0. The molecular weight excluding hydrogens is 923 g/mol. The van der Waals surface area contributed by atoms with Crippen LogP contribution in [0, 0.1) is 19.7 Å². The second kappa shape index (κ2) is 43.3. The predicted molar refractivity (Wildman–Crippen MR) is 313 cm³/mol. The van der Waals surface area contributed by atoms with Crippen LogP contribution in [0.25, 0.3) is 16.7 Å². The summed E-state index contributed by atoms with van der Waals surface area (Å²) in [5, 5.41) is 4.51. The Labute approximate surface area is 443 Å². The number of halogens is 3. The summed E-state index contributed by atoms with van der Waals surface area (Å²) in [6.45, 7) is 33.9. The van der Waals surface area contributed by atoms with Crippen molar-refractivity contribution in [1.29, 1.82) is 0 Å². The molecule has 1 aliphatic rings. The van der Waals surface area contributed by atoms with E-state index >= 15 is 4.39 Å². The fourth-order valence-electron chi connectivity index (χ4n) is 7.44. The minimum absolute atomic E-state index is 0.0399. The van der Waals surface area contributed by atoms with Crippen molar-refractivity contribution in [3.05, 3.63) is 166 Å². The largest absolute Gasteiger partial charge is 0.488 e. The van der Waals surface area contributed by atoms with Crippen LogP contribution >= 0.6 is 23.2 Å². The molecule has 2 atom stereocenters. The Morgan fingerprint density at radius 3 is 1.94 bits per heavy atom. The van der Waals surface area contributed by atoms with Gasteiger partial charge in [-0.2, -0.15) is 0 Å². The number of carbonyl (C=O) groups excluding carboxylic acids is 1. The van der Waals surface area contributed by atoms with Gasteiger partial charge in [0.15, 0.2) is 11.6 Å². The molecule has 1 aliphatic carbocycles. The number of allylic oxidation sites excluding steroid dienone is 5. The Hall–Kier alpha value is -4.30. The molecule has 4 aromatic carbocycles. The molecule has 0 saturated heterocycles. The van der Waals surface area contributed by atoms with E-state index in [1.165, 1.54) is 44.9 Å². The summed E-state index contributed by atoms with van der Waals surface area (Å²) in [5.41, 5.74) is 15.2. The first-order chi connectivity index (χ1) is 34.3. The van der Waals surface area contributed by atoms with Crippen LogP contribution in [-0.4, -0.2) is 46.2 Å². The summed E-state index contributed by atoms with van der Waals surface area (Å²) < 4.78 is 26.7. The number of aryl methyl sites for hydroxylation is 2. The number of hydrogen-bond donors (Lipinski definition) is 2. The van der Waals surface area contributed by atoms with Crippen LogP contribution in [0.3, 0.4) is 0 Å². The number of benzene rings is 4. The molecule has 0 amide bonds. The van der Waals surface area contributed by atoms with Crippen LogP contribution in [0.15, 0.2) is 116 Å². The minimum atomic E-state index is -0.449. The summed E-state index contributed by atoms with van der Waals surface area (Å²) in [5.74, 6) is -0.465. The third kappa shape index (κ3) is 26.3. The van der Waals surface area contributed by atoms with Crippen LogP contribution in [0.1, 0.15) is 178 Å². The van der Waals surface area contributed by atoms with Crippen LogP contribution in [0.2, 0.25) is 10.0 Å². The molecule has 0 heterocycles. The normalized spacial score (nSPS) is 12.7. The standard InChI is InChI=1S/C30H35ClFNO2.C14H17ClO.C7H15N.C4H10.C4H8.C2H6.C2H4/c1-5-6-9-21(3)24-12-14-28(35-16-15-34-4)30(32)29(24)25-18-23(11-13-27(25)31)26(19-33)22-10-7-8-20(2)17-22;1-4-5-10(2)13(9-16)12-6-7-14(15)11(3)8-12;1-8-7-5-3-2-4-6-7;2*1-3-4-2;2*1-2/h7-8,10-14,17-18,26H,3,5-6,9,15-16,19,33H2,1-2,4H3;5-9,13H,4H2,1-3H3;7-8H,2-6H2,1H3;3-4H2,1-2H3;3-4H,1-2H3;1-2H3;1-2H2/b;10-5+;;;4-3-;;. The number of nitrogens with one attached hydrogen (secondary N) is 1. The SMILES string of the molecule is C/C=C\C.C=C.C=C(CCCC)c1ccc(OCCOC)c(F)c1-c1cc(C(CN)c2cccc(C)c2)ccc1Cl.CC.CC/C=C(\C)C(C=O)c1ccc(Cl)c(C)c1.CCCC.CNC1CCCCC1. The van der Waals surface area contributed by atoms with E-state index in [9.17, 15) is 4.79 Å². The third-order valence-electron chi connectivity index (χ3n) is 11.7. The molecule has 8 heteroatoms. The van der Waals surface area contributed by atoms with Gasteiger partial charge in [-0.15, -0.1) is 13.2 Å². The van der Waals surface area contributed by atoms with Crippen molar-refractivity contribution in [2.24, 2.45) is 5.73 Å². The lowest BCUT2D eigenvalue weighted by molar-refractivity contribution is -0.108. The number of nitrogens with two attached hydrogens (primary N) is 1. The van der Waals surface area contributed by atoms with E-state index in [2.05, 4.69) is 91.0 Å². The average molecular weight is 1020 g/mol. The summed E-state index contributed by atoms with van der Waals surface area (Å²) in [7, 11) is 3.65. The van der Waals surface area contributed by atoms with Crippen LogP contribution in [-0.2, 0) is 9.53 Å². The number of methoxy groups -OCH3 is 1. The van der Waals surface area contributed by atoms with Crippen LogP contribution < -0.4 is 15.8 Å². The fraction of sp³-hybridized carbons (Fsp3) is 0.476. The molecular formula is C63H95Cl2FN2O3. The molecule has 0 bridgehead atoms. The number of ether oxygens (including phenoxy) is 2. The topological polar surface area (TPSA) is 73.6 Å². The quantitative estimate of drug-likeness (QED) is 0.0590. The Morgan fingerprint density at radius 2 is 1.45 bits per heavy atom. The lowest BCUT2D eigenvalue weighted by atomic mass is 9.86. The van der Waals surface area contributed by atoms with Crippen molar-refractivity contribution in [1.82, 2.24) is 5.32 Å². The molecule has 4 aromatic rings. The van der Waals surface area contributed by atoms with Gasteiger partial charge >= 0.3 is 0 Å². The van der Waals surface area contributed by atoms with Gasteiger partial charge in [-0.05, 0) is 131 Å². The number of hydrogen-bond acceptors (Lipinski definition) is 5. The summed E-state index contributed by atoms with van der Waals surface area (Å²) >= 11 is 12.7. The molecule has 3 N–H and O–H groups in total. The number of unbranched alkanes of at least 4 members (excludes halogenated alkanes) is 2. The van der Waals surface area contributed by atoms with Gasteiger partial charge < -0.3 is 25.3 Å². The zero-order chi connectivity index (χ0) is 54.1. The van der Waals surface area contributed by atoms with Gasteiger partial charge in [0.25, 0.3) is 0 Å². The van der Waals surface area contributed by atoms with Crippen molar-refractivity contribution in [3.63, 3.8) is 0 Å². The molecule has 0 radical (unpaired) electrons. The Bertz CT molecular complexity index is 2090. The van der Waals surface area contributed by atoms with Gasteiger partial charge in [0, 0.05) is 46.8 Å². The third-order valence-corrected chi connectivity index (χ3v) is 12.5. The fourth-order valence-corrected chi connectivity index (χ4v) is 7.77. The number of aldehydes is 1. The molecule has 2 unspecified atom stereocenters. The molecule has 0 aliphatic heterocycles. The Morgan fingerprint density at radius 1 is 0.845 bits per heavy atom. The lowest BCUT2D eigenvalue weighted by Gasteiger charge is -2.21. The molecule has 1 saturated carbocycles. The van der Waals surface area contributed by atoms with E-state index in [1.807, 2.05) is 102 Å². The number of rotatable bonds is 18. The maximum Gasteiger partial charge on any atom is 0.173 e. The molecule has 5 nitrogen and oxygen atoms in total. The first-order valence-electron chi connectivity index (χ1n) is 26.1. The number of carbonyl (C=O) groups is 1. The average Bonchev–Trinajstić information content (AvgIpc) is 3.40. The van der Waals surface area contributed by atoms with E-state index in [0.29, 0.717) is 29.3 Å². The first-order valence-corrected chi connectivity index (χ1v) is 26.8. The van der Waals surface area contributed by atoms with E-state index in [1.54, 1.807) is 13.2 Å². The zero-order valence-electron chi connectivity index (χ0n) is 46.4. The second-order valence-corrected chi connectivity index (χ2v) is 17.9. The van der Waals surface area contributed by atoms with Gasteiger partial charge in [-0.1, -0.05) is 188 Å². The predicted octanol–water partition coefficient (Wildman–Crippen LogP) is 18.8. The van der Waals surface area contributed by atoms with E-state index in [4.69, 9.17) is 38.4 Å². The highest BCUT2D eigenvalue weighted by Gasteiger charge is 2.23. The van der Waals surface area contributed by atoms with Gasteiger partial charge in [-0.25, -0.2) is 4.39 Å². The molecule has 5 rings (SSSR count). The highest BCUT2D eigenvalue weighted by atomic mass is 35.5. The van der Waals surface area contributed by atoms with Gasteiger partial charge in [-0.3, -0.25) is 0 Å². The Kier molecular flexibility index (Phi) is 41.9. The Balaban J connectivity index is 0. The molecule has 396 valence electrons. The summed E-state index contributed by atoms with van der Waals surface area (Å²) in [6, 6.07) is 24.2. The zero-order valence-corrected chi connectivity index (χ0v) is 47.9. The lowest BCUT2D eigenvalue weighted by Crippen LogP contribution is -2.26. The van der Waals surface area contributed by atoms with Crippen LogP contribution in [0.5, 0.6) is 5.75 Å². The highest BCUT2D eigenvalue weighted by molar-refractivity contribution is 6.33. The summed E-state index contributed by atoms with van der Waals surface area (Å²) in [4.78, 5) is 11.1. The minimum Gasteiger partial charge on any atom is -0.488 e. The monoisotopic (exact) mass is 1020 g/mol. The van der Waals surface area contributed by atoms with Crippen molar-refractivity contribution < 1.29 is 18.7 Å². The smallest absolute Gasteiger partial charge is 0.173 e. The highest BCUT2D eigenvalue weighted by Crippen LogP contribution is 2.42. The van der Waals surface area contributed by atoms with Gasteiger partial charge in [0.1, 0.15) is 12.9 Å². The van der Waals surface area contributed by atoms with Crippen molar-refractivity contribution in [3.8, 4) is 16.9 Å². The molecule has 71 heavy (non-hydrogen) atoms. The maximum atomic E-state index is 16.0. The van der Waals surface area contributed by atoms with Crippen molar-refractivity contribution in [2.75, 3.05) is 33.9 Å². The first kappa shape index (κ1) is 68.8. The van der Waals surface area contributed by atoms with E-state index in [-0.39, 0.29) is 24.2 Å². The molecule has 0 spiro atoms. The van der Waals surface area contributed by atoms with Crippen molar-refractivity contribution >= 4 is 35.1 Å². The molecule has 1 fully saturated rings. The van der Waals surface area contributed by atoms with Crippen LogP contribution in [0.4, 0.5) is 4.39 Å². The van der Waals surface area contributed by atoms with Crippen molar-refractivity contribution in [2.45, 2.75) is 165 Å². The summed E-state index contributed by atoms with van der Waals surface area (Å²) in [6.07, 6.45) is 20.6. The molecule has 0 aromatic heterocycles. The van der Waals surface area contributed by atoms with E-state index in [0.717, 1.165) is 87.6 Å². The van der Waals surface area contributed by atoms with Gasteiger partial charge in [0.2, 0.25) is 0 Å². The van der Waals surface area contributed by atoms with E-state index < -0.39 is 5.82 Å². The van der Waals surface area contributed by atoms with Gasteiger partial charge in [0.05, 0.1) is 12.5 Å².